The maximum atomic E-state index is 3.58. The first-order valence-corrected chi connectivity index (χ1v) is 7.67. The summed E-state index contributed by atoms with van der Waals surface area (Å²) in [6.45, 7) is 3.12. The highest BCUT2D eigenvalue weighted by molar-refractivity contribution is 9.10. The van der Waals surface area contributed by atoms with Crippen LogP contribution in [0.15, 0.2) is 40.9 Å². The first kappa shape index (κ1) is 13.3. The number of rotatable bonds is 0. The van der Waals surface area contributed by atoms with Crippen molar-refractivity contribution in [2.75, 3.05) is 11.9 Å². The molecule has 2 heteroatoms. The lowest BCUT2D eigenvalue weighted by Crippen LogP contribution is -2.13. The van der Waals surface area contributed by atoms with Crippen molar-refractivity contribution < 1.29 is 0 Å². The van der Waals surface area contributed by atoms with Gasteiger partial charge in [-0.1, -0.05) is 45.5 Å². The minimum absolute atomic E-state index is 1.04. The lowest BCUT2D eigenvalue weighted by molar-refractivity contribution is 0.828. The van der Waals surface area contributed by atoms with Crippen molar-refractivity contribution >= 4 is 21.6 Å². The minimum Gasteiger partial charge on any atom is -0.384 e. The van der Waals surface area contributed by atoms with Crippen LogP contribution in [0.3, 0.4) is 0 Å². The van der Waals surface area contributed by atoms with E-state index in [2.05, 4.69) is 76.4 Å². The minimum atomic E-state index is 1.04. The molecule has 0 spiro atoms. The average Bonchev–Trinajstić information content (AvgIpc) is 2.46. The second-order valence-electron chi connectivity index (χ2n) is 5.13. The first-order chi connectivity index (χ1) is 9.72. The third-order valence-electron chi connectivity index (χ3n) is 3.50. The summed E-state index contributed by atoms with van der Waals surface area (Å²) in [6.07, 6.45) is 2.31. The average molecular weight is 326 g/mol. The molecule has 0 radical (unpaired) electrons. The number of nitrogens with one attached hydrogen (secondary N) is 1. The van der Waals surface area contributed by atoms with Crippen LogP contribution in [-0.4, -0.2) is 6.54 Å². The van der Waals surface area contributed by atoms with Gasteiger partial charge in [0, 0.05) is 22.1 Å². The van der Waals surface area contributed by atoms with Gasteiger partial charge in [-0.2, -0.15) is 0 Å². The summed E-state index contributed by atoms with van der Waals surface area (Å²) in [5.41, 5.74) is 5.96. The fourth-order valence-corrected chi connectivity index (χ4v) is 2.94. The Kier molecular flexibility index (Phi) is 3.80. The Hall–Kier alpha value is -1.72. The highest BCUT2D eigenvalue weighted by Crippen LogP contribution is 2.29. The van der Waals surface area contributed by atoms with Crippen molar-refractivity contribution in [2.45, 2.75) is 19.8 Å². The van der Waals surface area contributed by atoms with Crippen LogP contribution in [0.5, 0.6) is 0 Å². The molecule has 0 saturated carbocycles. The van der Waals surface area contributed by atoms with Crippen LogP contribution in [0.2, 0.25) is 0 Å². The largest absolute Gasteiger partial charge is 0.384 e. The number of benzene rings is 2. The van der Waals surface area contributed by atoms with Gasteiger partial charge in [0.05, 0.1) is 5.69 Å². The molecule has 1 heterocycles. The Morgan fingerprint density at radius 2 is 1.90 bits per heavy atom. The zero-order valence-electron chi connectivity index (χ0n) is 11.5. The predicted octanol–water partition coefficient (Wildman–Crippen LogP) is 4.52. The molecule has 0 saturated heterocycles. The van der Waals surface area contributed by atoms with Crippen LogP contribution in [0, 0.1) is 18.8 Å². The lowest BCUT2D eigenvalue weighted by atomic mass is 9.99. The Bertz CT molecular complexity index is 690. The van der Waals surface area contributed by atoms with E-state index in [0.717, 1.165) is 28.6 Å². The van der Waals surface area contributed by atoms with Gasteiger partial charge in [-0.25, -0.2) is 0 Å². The van der Waals surface area contributed by atoms with Crippen LogP contribution in [0.4, 0.5) is 5.69 Å². The quantitative estimate of drug-likeness (QED) is 0.702. The molecule has 0 atom stereocenters. The van der Waals surface area contributed by atoms with E-state index in [4.69, 9.17) is 0 Å². The van der Waals surface area contributed by atoms with E-state index in [0.29, 0.717) is 0 Å². The number of anilines is 1. The molecule has 1 nitrogen and oxygen atoms in total. The number of hydrogen-bond donors (Lipinski definition) is 1. The molecule has 1 aliphatic rings. The van der Waals surface area contributed by atoms with Gasteiger partial charge in [-0.05, 0) is 49.6 Å². The molecular weight excluding hydrogens is 310 g/mol. The predicted molar refractivity (Wildman–Crippen MR) is 88.1 cm³/mol. The van der Waals surface area contributed by atoms with Gasteiger partial charge in [0.1, 0.15) is 0 Å². The topological polar surface area (TPSA) is 12.0 Å². The summed E-state index contributed by atoms with van der Waals surface area (Å²) in [5.74, 6) is 6.56. The molecule has 1 N–H and O–H groups in total. The maximum absolute atomic E-state index is 3.58. The van der Waals surface area contributed by atoms with Crippen molar-refractivity contribution in [3.05, 3.63) is 63.1 Å². The summed E-state index contributed by atoms with van der Waals surface area (Å²) in [6, 6.07) is 12.6. The molecule has 1 aliphatic heterocycles. The van der Waals surface area contributed by atoms with E-state index in [1.807, 2.05) is 0 Å². The van der Waals surface area contributed by atoms with Crippen molar-refractivity contribution in [1.29, 1.82) is 0 Å². The molecule has 0 unspecified atom stereocenters. The smallest absolute Gasteiger partial charge is 0.0532 e. The van der Waals surface area contributed by atoms with Crippen molar-refractivity contribution in [3.63, 3.8) is 0 Å². The number of halogens is 1. The summed E-state index contributed by atoms with van der Waals surface area (Å²) in [4.78, 5) is 0. The van der Waals surface area contributed by atoms with Crippen molar-refractivity contribution in [2.24, 2.45) is 0 Å². The van der Waals surface area contributed by atoms with Gasteiger partial charge in [-0.3, -0.25) is 0 Å². The van der Waals surface area contributed by atoms with Crippen LogP contribution < -0.4 is 5.32 Å². The standard InChI is InChI=1S/C18H16BrN/c1-13-4-6-14(7-5-13)8-9-16-12-17(19)11-15-3-2-10-20-18(15)16/h4-7,11-12,20H,2-3,10H2,1H3. The van der Waals surface area contributed by atoms with Gasteiger partial charge in [0.2, 0.25) is 0 Å². The van der Waals surface area contributed by atoms with Gasteiger partial charge in [0.15, 0.2) is 0 Å². The molecule has 3 rings (SSSR count). The van der Waals surface area contributed by atoms with E-state index in [-0.39, 0.29) is 0 Å². The first-order valence-electron chi connectivity index (χ1n) is 6.87. The molecule has 0 bridgehead atoms. The van der Waals surface area contributed by atoms with Crippen molar-refractivity contribution in [1.82, 2.24) is 0 Å². The summed E-state index contributed by atoms with van der Waals surface area (Å²) >= 11 is 3.58. The Morgan fingerprint density at radius 3 is 2.70 bits per heavy atom. The molecule has 100 valence electrons. The van der Waals surface area contributed by atoms with Crippen LogP contribution >= 0.6 is 15.9 Å². The van der Waals surface area contributed by atoms with E-state index in [9.17, 15) is 0 Å². The highest BCUT2D eigenvalue weighted by Gasteiger charge is 2.12. The fourth-order valence-electron chi connectivity index (χ4n) is 2.44. The monoisotopic (exact) mass is 325 g/mol. The van der Waals surface area contributed by atoms with Gasteiger partial charge in [-0.15, -0.1) is 0 Å². The van der Waals surface area contributed by atoms with Gasteiger partial charge < -0.3 is 5.32 Å². The van der Waals surface area contributed by atoms with E-state index < -0.39 is 0 Å². The molecule has 0 amide bonds. The van der Waals surface area contributed by atoms with E-state index >= 15 is 0 Å². The number of hydrogen-bond acceptors (Lipinski definition) is 1. The van der Waals surface area contributed by atoms with Crippen LogP contribution in [0.1, 0.15) is 28.7 Å². The summed E-state index contributed by atoms with van der Waals surface area (Å²) in [7, 11) is 0. The van der Waals surface area contributed by atoms with Gasteiger partial charge in [0.25, 0.3) is 0 Å². The molecule has 2 aromatic carbocycles. The highest BCUT2D eigenvalue weighted by atomic mass is 79.9. The fraction of sp³-hybridized carbons (Fsp3) is 0.222. The number of aryl methyl sites for hydroxylation is 2. The SMILES string of the molecule is Cc1ccc(C#Cc2cc(Br)cc3c2NCCC3)cc1. The maximum Gasteiger partial charge on any atom is 0.0532 e. The van der Waals surface area contributed by atoms with Crippen LogP contribution in [-0.2, 0) is 6.42 Å². The third-order valence-corrected chi connectivity index (χ3v) is 3.96. The second kappa shape index (κ2) is 5.73. The third kappa shape index (κ3) is 2.89. The Balaban J connectivity index is 1.99. The van der Waals surface area contributed by atoms with E-state index in [1.54, 1.807) is 0 Å². The molecular formula is C18H16BrN. The molecule has 20 heavy (non-hydrogen) atoms. The molecule has 0 aromatic heterocycles. The Labute approximate surface area is 128 Å². The molecule has 0 aliphatic carbocycles. The van der Waals surface area contributed by atoms with Crippen molar-refractivity contribution in [3.8, 4) is 11.8 Å². The van der Waals surface area contributed by atoms with Gasteiger partial charge >= 0.3 is 0 Å². The summed E-state index contributed by atoms with van der Waals surface area (Å²) < 4.78 is 1.10. The molecule has 0 fully saturated rings. The van der Waals surface area contributed by atoms with Crippen LogP contribution in [0.25, 0.3) is 0 Å². The molecule has 2 aromatic rings. The Morgan fingerprint density at radius 1 is 1.10 bits per heavy atom. The zero-order chi connectivity index (χ0) is 13.9. The number of fused-ring (bicyclic) bond motifs is 1. The lowest BCUT2D eigenvalue weighted by Gasteiger charge is -2.19. The zero-order valence-corrected chi connectivity index (χ0v) is 13.0. The van der Waals surface area contributed by atoms with E-state index in [1.165, 1.54) is 23.2 Å². The second-order valence-corrected chi connectivity index (χ2v) is 6.05. The summed E-state index contributed by atoms with van der Waals surface area (Å²) in [5, 5.41) is 3.48. The normalized spacial score (nSPS) is 12.9.